The lowest BCUT2D eigenvalue weighted by molar-refractivity contribution is -0.164. The third-order valence-corrected chi connectivity index (χ3v) is 4.20. The summed E-state index contributed by atoms with van der Waals surface area (Å²) in [6.45, 7) is 6.75. The summed E-state index contributed by atoms with van der Waals surface area (Å²) in [5.41, 5.74) is 0.419. The van der Waals surface area contributed by atoms with Gasteiger partial charge < -0.3 is 14.5 Å². The number of benzene rings is 1. The van der Waals surface area contributed by atoms with Crippen LogP contribution < -0.4 is 0 Å². The Morgan fingerprint density at radius 3 is 2.48 bits per heavy atom. The van der Waals surface area contributed by atoms with Gasteiger partial charge in [0.25, 0.3) is 5.91 Å². The minimum atomic E-state index is -1.01. The van der Waals surface area contributed by atoms with Gasteiger partial charge in [-0.25, -0.2) is 4.39 Å². The summed E-state index contributed by atoms with van der Waals surface area (Å²) in [5.74, 6) is -0.385. The van der Waals surface area contributed by atoms with Crippen LogP contribution in [-0.4, -0.2) is 47.4 Å². The minimum Gasteiger partial charge on any atom is -0.379 e. The zero-order chi connectivity index (χ0) is 16.6. The van der Waals surface area contributed by atoms with E-state index in [4.69, 9.17) is 9.57 Å². The van der Waals surface area contributed by atoms with Gasteiger partial charge in [-0.15, -0.1) is 0 Å². The van der Waals surface area contributed by atoms with Gasteiger partial charge in [-0.2, -0.15) is 0 Å². The van der Waals surface area contributed by atoms with Gasteiger partial charge in [0.05, 0.1) is 17.9 Å². The van der Waals surface area contributed by atoms with Crippen LogP contribution in [-0.2, 0) is 14.4 Å². The van der Waals surface area contributed by atoms with Crippen molar-refractivity contribution < 1.29 is 18.8 Å². The van der Waals surface area contributed by atoms with E-state index in [2.05, 4.69) is 5.16 Å². The Kier molecular flexibility index (Phi) is 4.10. The predicted octanol–water partition coefficient (Wildman–Crippen LogP) is 2.34. The number of halogens is 1. The summed E-state index contributed by atoms with van der Waals surface area (Å²) >= 11 is 0. The third-order valence-electron chi connectivity index (χ3n) is 4.20. The molecule has 0 aliphatic carbocycles. The highest BCUT2D eigenvalue weighted by molar-refractivity contribution is 6.05. The lowest BCUT2D eigenvalue weighted by Gasteiger charge is -2.38. The SMILES string of the molecule is C[C@@H]1CN(C(=O)[C@]2(C)CC(c3ccc(F)cc3)=NO2)C[C@@H](C)O1. The first-order chi connectivity index (χ1) is 10.9. The summed E-state index contributed by atoms with van der Waals surface area (Å²) < 4.78 is 18.7. The van der Waals surface area contributed by atoms with E-state index in [1.54, 1.807) is 24.0 Å². The minimum absolute atomic E-state index is 0.00481. The molecule has 2 aliphatic rings. The zero-order valence-corrected chi connectivity index (χ0v) is 13.6. The number of hydrogen-bond acceptors (Lipinski definition) is 4. The van der Waals surface area contributed by atoms with Crippen LogP contribution >= 0.6 is 0 Å². The van der Waals surface area contributed by atoms with E-state index in [1.165, 1.54) is 12.1 Å². The van der Waals surface area contributed by atoms with Gasteiger partial charge >= 0.3 is 0 Å². The van der Waals surface area contributed by atoms with Crippen molar-refractivity contribution in [3.8, 4) is 0 Å². The van der Waals surface area contributed by atoms with Crippen LogP contribution in [0, 0.1) is 5.82 Å². The molecule has 124 valence electrons. The second kappa shape index (κ2) is 5.92. The van der Waals surface area contributed by atoms with E-state index >= 15 is 0 Å². The van der Waals surface area contributed by atoms with Crippen LogP contribution in [0.5, 0.6) is 0 Å². The molecule has 1 aromatic rings. The number of carbonyl (C=O) groups excluding carboxylic acids is 1. The molecule has 0 radical (unpaired) electrons. The molecule has 1 aromatic carbocycles. The lowest BCUT2D eigenvalue weighted by atomic mass is 9.94. The van der Waals surface area contributed by atoms with Gasteiger partial charge in [0, 0.05) is 19.5 Å². The van der Waals surface area contributed by atoms with Gasteiger partial charge in [-0.05, 0) is 38.5 Å². The summed E-state index contributed by atoms with van der Waals surface area (Å²) in [6, 6.07) is 6.04. The molecule has 0 unspecified atom stereocenters. The molecule has 23 heavy (non-hydrogen) atoms. The predicted molar refractivity (Wildman–Crippen MR) is 83.6 cm³/mol. The number of morpholine rings is 1. The second-order valence-electron chi connectivity index (χ2n) is 6.51. The van der Waals surface area contributed by atoms with Crippen LogP contribution in [0.1, 0.15) is 32.8 Å². The monoisotopic (exact) mass is 320 g/mol. The number of nitrogens with zero attached hydrogens (tertiary/aromatic N) is 2. The third kappa shape index (κ3) is 3.22. The van der Waals surface area contributed by atoms with E-state index in [1.807, 2.05) is 13.8 Å². The molecule has 1 amide bonds. The summed E-state index contributed by atoms with van der Waals surface area (Å²) in [4.78, 5) is 20.1. The molecule has 2 heterocycles. The van der Waals surface area contributed by atoms with Gasteiger partial charge in [0.15, 0.2) is 0 Å². The molecule has 0 bridgehead atoms. The van der Waals surface area contributed by atoms with Gasteiger partial charge in [0.1, 0.15) is 5.82 Å². The quantitative estimate of drug-likeness (QED) is 0.840. The highest BCUT2D eigenvalue weighted by atomic mass is 19.1. The first kappa shape index (κ1) is 15.9. The maximum absolute atomic E-state index is 13.0. The maximum Gasteiger partial charge on any atom is 0.269 e. The van der Waals surface area contributed by atoms with Crippen molar-refractivity contribution >= 4 is 11.6 Å². The Morgan fingerprint density at radius 2 is 1.87 bits per heavy atom. The normalized spacial score (nSPS) is 30.8. The highest BCUT2D eigenvalue weighted by Gasteiger charge is 2.46. The zero-order valence-electron chi connectivity index (χ0n) is 13.6. The molecular weight excluding hydrogens is 299 g/mol. The number of amides is 1. The van der Waals surface area contributed by atoms with E-state index < -0.39 is 5.60 Å². The highest BCUT2D eigenvalue weighted by Crippen LogP contribution is 2.29. The van der Waals surface area contributed by atoms with Gasteiger partial charge in [-0.3, -0.25) is 4.79 Å². The molecule has 2 aliphatic heterocycles. The smallest absolute Gasteiger partial charge is 0.269 e. The molecule has 0 saturated carbocycles. The standard InChI is InChI=1S/C17H21FN2O3/c1-11-9-20(10-12(2)22-11)16(21)17(3)8-15(19-23-17)13-4-6-14(18)7-5-13/h4-7,11-12H,8-10H2,1-3H3/t11-,12-,17+/m1/s1. The second-order valence-corrected chi connectivity index (χ2v) is 6.51. The van der Waals surface area contributed by atoms with Crippen molar-refractivity contribution in [2.75, 3.05) is 13.1 Å². The largest absolute Gasteiger partial charge is 0.379 e. The molecule has 3 atom stereocenters. The van der Waals surface area contributed by atoms with E-state index in [0.29, 0.717) is 25.2 Å². The number of hydrogen-bond donors (Lipinski definition) is 0. The average Bonchev–Trinajstić information content (AvgIpc) is 2.90. The van der Waals surface area contributed by atoms with Crippen molar-refractivity contribution in [2.45, 2.75) is 45.0 Å². The van der Waals surface area contributed by atoms with Crippen LogP contribution in [0.4, 0.5) is 4.39 Å². The van der Waals surface area contributed by atoms with E-state index in [-0.39, 0.29) is 23.9 Å². The van der Waals surface area contributed by atoms with Crippen LogP contribution in [0.25, 0.3) is 0 Å². The number of carbonyl (C=O) groups is 1. The van der Waals surface area contributed by atoms with Crippen molar-refractivity contribution in [3.05, 3.63) is 35.6 Å². The molecule has 3 rings (SSSR count). The summed E-state index contributed by atoms with van der Waals surface area (Å²) in [5, 5.41) is 4.06. The Bertz CT molecular complexity index is 621. The molecule has 6 heteroatoms. The Hall–Kier alpha value is -1.95. The fourth-order valence-electron chi connectivity index (χ4n) is 3.13. The average molecular weight is 320 g/mol. The van der Waals surface area contributed by atoms with Gasteiger partial charge in [0.2, 0.25) is 5.60 Å². The van der Waals surface area contributed by atoms with Crippen molar-refractivity contribution in [1.29, 1.82) is 0 Å². The van der Waals surface area contributed by atoms with E-state index in [0.717, 1.165) is 5.56 Å². The van der Waals surface area contributed by atoms with Crippen molar-refractivity contribution in [1.82, 2.24) is 4.90 Å². The van der Waals surface area contributed by atoms with Crippen LogP contribution in [0.2, 0.25) is 0 Å². The van der Waals surface area contributed by atoms with Crippen LogP contribution in [0.15, 0.2) is 29.4 Å². The van der Waals surface area contributed by atoms with Crippen molar-refractivity contribution in [3.63, 3.8) is 0 Å². The Morgan fingerprint density at radius 1 is 1.26 bits per heavy atom. The first-order valence-electron chi connectivity index (χ1n) is 7.83. The Labute approximate surface area is 135 Å². The molecular formula is C17H21FN2O3. The Balaban J connectivity index is 1.71. The molecule has 0 N–H and O–H groups in total. The molecule has 0 spiro atoms. The fourth-order valence-corrected chi connectivity index (χ4v) is 3.13. The molecule has 5 nitrogen and oxygen atoms in total. The summed E-state index contributed by atoms with van der Waals surface area (Å²) in [6.07, 6.45) is 0.382. The molecule has 1 saturated heterocycles. The number of rotatable bonds is 2. The fraction of sp³-hybridized carbons (Fsp3) is 0.529. The maximum atomic E-state index is 13.0. The molecule has 1 fully saturated rings. The van der Waals surface area contributed by atoms with E-state index in [9.17, 15) is 9.18 Å². The van der Waals surface area contributed by atoms with Crippen molar-refractivity contribution in [2.24, 2.45) is 5.16 Å². The number of oxime groups is 1. The first-order valence-corrected chi connectivity index (χ1v) is 7.83. The summed E-state index contributed by atoms with van der Waals surface area (Å²) in [7, 11) is 0. The molecule has 0 aromatic heterocycles. The van der Waals surface area contributed by atoms with Crippen LogP contribution in [0.3, 0.4) is 0 Å². The topological polar surface area (TPSA) is 51.1 Å². The number of ether oxygens (including phenoxy) is 1. The lowest BCUT2D eigenvalue weighted by Crippen LogP contribution is -2.55. The van der Waals surface area contributed by atoms with Gasteiger partial charge in [-0.1, -0.05) is 17.3 Å².